The molecule has 0 aliphatic heterocycles. The van der Waals surface area contributed by atoms with Gasteiger partial charge < -0.3 is 5.32 Å². The Bertz CT molecular complexity index is 540. The van der Waals surface area contributed by atoms with Crippen molar-refractivity contribution in [1.29, 1.82) is 0 Å². The van der Waals surface area contributed by atoms with Gasteiger partial charge in [-0.2, -0.15) is 0 Å². The minimum Gasteiger partial charge on any atom is -0.378 e. The van der Waals surface area contributed by atoms with Gasteiger partial charge in [-0.1, -0.05) is 22.0 Å². The maximum absolute atomic E-state index is 13.0. The van der Waals surface area contributed by atoms with E-state index in [1.165, 1.54) is 24.3 Å². The summed E-state index contributed by atoms with van der Waals surface area (Å²) in [6.45, 7) is 1.96. The van der Waals surface area contributed by atoms with Crippen LogP contribution in [0.1, 0.15) is 18.5 Å². The fourth-order valence-electron chi connectivity index (χ4n) is 1.73. The van der Waals surface area contributed by atoms with E-state index in [4.69, 9.17) is 0 Å². The Kier molecular flexibility index (Phi) is 3.97. The molecule has 1 unspecified atom stereocenters. The van der Waals surface area contributed by atoms with Crippen molar-refractivity contribution >= 4 is 21.6 Å². The van der Waals surface area contributed by atoms with Gasteiger partial charge >= 0.3 is 0 Å². The molecule has 0 aromatic heterocycles. The lowest BCUT2D eigenvalue weighted by molar-refractivity contribution is 0.625. The molecule has 0 radical (unpaired) electrons. The highest BCUT2D eigenvalue weighted by Crippen LogP contribution is 2.27. The van der Waals surface area contributed by atoms with E-state index in [-0.39, 0.29) is 17.7 Å². The summed E-state index contributed by atoms with van der Waals surface area (Å²) in [6.07, 6.45) is 0. The van der Waals surface area contributed by atoms with Crippen LogP contribution in [0.5, 0.6) is 0 Å². The van der Waals surface area contributed by atoms with Gasteiger partial charge in [-0.05, 0) is 48.9 Å². The maximum Gasteiger partial charge on any atom is 0.124 e. The molecule has 0 bridgehead atoms. The van der Waals surface area contributed by atoms with Crippen LogP contribution in [0.4, 0.5) is 14.5 Å². The zero-order valence-electron chi connectivity index (χ0n) is 9.75. The van der Waals surface area contributed by atoms with Crippen molar-refractivity contribution in [2.24, 2.45) is 0 Å². The monoisotopic (exact) mass is 311 g/mol. The minimum atomic E-state index is -0.278. The normalized spacial score (nSPS) is 12.2. The number of halogens is 3. The van der Waals surface area contributed by atoms with Crippen LogP contribution >= 0.6 is 15.9 Å². The van der Waals surface area contributed by atoms with Crippen LogP contribution in [0, 0.1) is 11.6 Å². The molecule has 0 saturated carbocycles. The first kappa shape index (κ1) is 13.0. The van der Waals surface area contributed by atoms with Crippen molar-refractivity contribution in [3.63, 3.8) is 0 Å². The van der Waals surface area contributed by atoms with Crippen LogP contribution in [-0.2, 0) is 0 Å². The largest absolute Gasteiger partial charge is 0.378 e. The average Bonchev–Trinajstić information content (AvgIpc) is 2.32. The highest BCUT2D eigenvalue weighted by molar-refractivity contribution is 9.10. The summed E-state index contributed by atoms with van der Waals surface area (Å²) >= 11 is 3.33. The highest BCUT2D eigenvalue weighted by atomic mass is 79.9. The number of hydrogen-bond donors (Lipinski definition) is 1. The Morgan fingerprint density at radius 1 is 1.00 bits per heavy atom. The number of hydrogen-bond acceptors (Lipinski definition) is 1. The fourth-order valence-corrected chi connectivity index (χ4v) is 2.42. The van der Waals surface area contributed by atoms with Crippen molar-refractivity contribution in [2.45, 2.75) is 13.0 Å². The molecule has 1 nitrogen and oxygen atoms in total. The van der Waals surface area contributed by atoms with Crippen LogP contribution in [0.3, 0.4) is 0 Å². The highest BCUT2D eigenvalue weighted by Gasteiger charge is 2.09. The van der Waals surface area contributed by atoms with E-state index in [0.29, 0.717) is 4.47 Å². The van der Waals surface area contributed by atoms with Gasteiger partial charge in [0.25, 0.3) is 0 Å². The van der Waals surface area contributed by atoms with Crippen molar-refractivity contribution in [3.8, 4) is 0 Å². The van der Waals surface area contributed by atoms with Crippen LogP contribution < -0.4 is 5.32 Å². The van der Waals surface area contributed by atoms with E-state index in [2.05, 4.69) is 21.2 Å². The van der Waals surface area contributed by atoms with Crippen LogP contribution in [0.25, 0.3) is 0 Å². The molecule has 0 saturated heterocycles. The third-order valence-corrected chi connectivity index (χ3v) is 3.34. The Morgan fingerprint density at radius 2 is 1.61 bits per heavy atom. The average molecular weight is 312 g/mol. The molecule has 1 N–H and O–H groups in total. The molecular weight excluding hydrogens is 300 g/mol. The zero-order chi connectivity index (χ0) is 13.1. The van der Waals surface area contributed by atoms with Crippen LogP contribution in [0.15, 0.2) is 46.9 Å². The number of nitrogens with one attached hydrogen (secondary N) is 1. The van der Waals surface area contributed by atoms with Crippen molar-refractivity contribution in [3.05, 3.63) is 64.1 Å². The van der Waals surface area contributed by atoms with E-state index < -0.39 is 0 Å². The Hall–Kier alpha value is -1.42. The van der Waals surface area contributed by atoms with Gasteiger partial charge in [-0.15, -0.1) is 0 Å². The molecular formula is C14H12BrF2N. The second kappa shape index (κ2) is 5.48. The molecule has 2 rings (SSSR count). The molecule has 0 fully saturated rings. The molecule has 0 amide bonds. The fraction of sp³-hybridized carbons (Fsp3) is 0.143. The summed E-state index contributed by atoms with van der Waals surface area (Å²) in [7, 11) is 0. The van der Waals surface area contributed by atoms with Crippen molar-refractivity contribution < 1.29 is 8.78 Å². The third kappa shape index (κ3) is 3.07. The topological polar surface area (TPSA) is 12.0 Å². The van der Waals surface area contributed by atoms with Gasteiger partial charge in [0.1, 0.15) is 11.6 Å². The predicted molar refractivity (Wildman–Crippen MR) is 72.5 cm³/mol. The second-order valence-electron chi connectivity index (χ2n) is 4.04. The quantitative estimate of drug-likeness (QED) is 0.850. The molecule has 94 valence electrons. The summed E-state index contributed by atoms with van der Waals surface area (Å²) in [6, 6.07) is 10.7. The van der Waals surface area contributed by atoms with Gasteiger partial charge in [0, 0.05) is 16.2 Å². The molecule has 0 spiro atoms. The second-order valence-corrected chi connectivity index (χ2v) is 4.89. The molecule has 0 aliphatic rings. The summed E-state index contributed by atoms with van der Waals surface area (Å²) in [5.74, 6) is -0.546. The van der Waals surface area contributed by atoms with E-state index in [9.17, 15) is 8.78 Å². The lowest BCUT2D eigenvalue weighted by atomic mass is 10.1. The molecule has 0 aliphatic carbocycles. The van der Waals surface area contributed by atoms with Gasteiger partial charge in [-0.3, -0.25) is 0 Å². The summed E-state index contributed by atoms with van der Waals surface area (Å²) in [4.78, 5) is 0. The van der Waals surface area contributed by atoms with E-state index in [1.54, 1.807) is 18.2 Å². The molecule has 2 aromatic carbocycles. The lowest BCUT2D eigenvalue weighted by Gasteiger charge is -2.17. The van der Waals surface area contributed by atoms with E-state index in [0.717, 1.165) is 11.3 Å². The summed E-state index contributed by atoms with van der Waals surface area (Å²) < 4.78 is 26.5. The molecule has 18 heavy (non-hydrogen) atoms. The molecule has 0 heterocycles. The zero-order valence-corrected chi connectivity index (χ0v) is 11.3. The smallest absolute Gasteiger partial charge is 0.124 e. The SMILES string of the molecule is CC(Nc1ccc(F)cc1)c1ccc(F)cc1Br. The van der Waals surface area contributed by atoms with E-state index >= 15 is 0 Å². The Morgan fingerprint density at radius 3 is 2.22 bits per heavy atom. The molecule has 1 atom stereocenters. The first-order valence-corrected chi connectivity index (χ1v) is 6.32. The van der Waals surface area contributed by atoms with Crippen molar-refractivity contribution in [1.82, 2.24) is 0 Å². The number of anilines is 1. The van der Waals surface area contributed by atoms with Crippen molar-refractivity contribution in [2.75, 3.05) is 5.32 Å². The number of rotatable bonds is 3. The minimum absolute atomic E-state index is 0.00886. The molecule has 4 heteroatoms. The van der Waals surface area contributed by atoms with Crippen LogP contribution in [0.2, 0.25) is 0 Å². The third-order valence-electron chi connectivity index (χ3n) is 2.66. The van der Waals surface area contributed by atoms with Gasteiger partial charge in [0.2, 0.25) is 0 Å². The number of benzene rings is 2. The van der Waals surface area contributed by atoms with Gasteiger partial charge in [0.15, 0.2) is 0 Å². The maximum atomic E-state index is 13.0. The first-order valence-electron chi connectivity index (χ1n) is 5.53. The predicted octanol–water partition coefficient (Wildman–Crippen LogP) is 4.90. The van der Waals surface area contributed by atoms with Gasteiger partial charge in [0.05, 0.1) is 0 Å². The summed E-state index contributed by atoms with van der Waals surface area (Å²) in [5.41, 5.74) is 1.76. The van der Waals surface area contributed by atoms with E-state index in [1.807, 2.05) is 6.92 Å². The lowest BCUT2D eigenvalue weighted by Crippen LogP contribution is -2.07. The van der Waals surface area contributed by atoms with Gasteiger partial charge in [-0.25, -0.2) is 8.78 Å². The Balaban J connectivity index is 2.16. The molecule has 2 aromatic rings. The first-order chi connectivity index (χ1) is 8.56. The summed E-state index contributed by atoms with van der Waals surface area (Å²) in [5, 5.41) is 3.23. The van der Waals surface area contributed by atoms with Crippen LogP contribution in [-0.4, -0.2) is 0 Å². The standard InChI is InChI=1S/C14H12BrF2N/c1-9(13-7-4-11(17)8-14(13)15)18-12-5-2-10(16)3-6-12/h2-9,18H,1H3. The Labute approximate surface area is 113 Å².